The molecule has 0 bridgehead atoms. The molecule has 1 aromatic heterocycles. The highest BCUT2D eigenvalue weighted by Crippen LogP contribution is 2.33. The molecular formula is C24H25F3N2O6. The fourth-order valence-corrected chi connectivity index (χ4v) is 4.46. The van der Waals surface area contributed by atoms with Gasteiger partial charge < -0.3 is 24.9 Å². The van der Waals surface area contributed by atoms with E-state index in [2.05, 4.69) is 15.4 Å². The minimum atomic E-state index is -4.52. The number of cyclic esters (lactones) is 1. The maximum absolute atomic E-state index is 13.0. The summed E-state index contributed by atoms with van der Waals surface area (Å²) in [5.74, 6) is -1.80. The Morgan fingerprint density at radius 2 is 1.89 bits per heavy atom. The molecule has 11 heteroatoms. The van der Waals surface area contributed by atoms with Crippen molar-refractivity contribution in [1.82, 2.24) is 10.6 Å². The maximum atomic E-state index is 13.0. The Morgan fingerprint density at radius 1 is 1.14 bits per heavy atom. The number of hydrogen-bond donors (Lipinski definition) is 3. The molecule has 2 aromatic rings. The molecule has 1 aromatic carbocycles. The third-order valence-corrected chi connectivity index (χ3v) is 6.28. The van der Waals surface area contributed by atoms with E-state index < -0.39 is 47.9 Å². The molecule has 1 aliphatic carbocycles. The van der Waals surface area contributed by atoms with Gasteiger partial charge in [0.2, 0.25) is 12.2 Å². The molecule has 2 heterocycles. The van der Waals surface area contributed by atoms with Gasteiger partial charge in [0.15, 0.2) is 5.76 Å². The van der Waals surface area contributed by atoms with Gasteiger partial charge >= 0.3 is 12.1 Å². The number of carbonyl (C=O) groups is 3. The summed E-state index contributed by atoms with van der Waals surface area (Å²) in [7, 11) is 0. The number of furan rings is 1. The predicted molar refractivity (Wildman–Crippen MR) is 116 cm³/mol. The van der Waals surface area contributed by atoms with Crippen LogP contribution in [0.1, 0.15) is 54.6 Å². The number of aliphatic hydroxyl groups excluding tert-OH is 1. The van der Waals surface area contributed by atoms with Crippen molar-refractivity contribution in [3.8, 4) is 11.3 Å². The molecule has 2 fully saturated rings. The van der Waals surface area contributed by atoms with Crippen LogP contribution in [0.15, 0.2) is 40.8 Å². The molecular weight excluding hydrogens is 469 g/mol. The summed E-state index contributed by atoms with van der Waals surface area (Å²) in [6, 6.07) is 5.36. The molecule has 35 heavy (non-hydrogen) atoms. The number of amides is 2. The van der Waals surface area contributed by atoms with Gasteiger partial charge in [0, 0.05) is 5.56 Å². The molecule has 1 unspecified atom stereocenters. The Balaban J connectivity index is 1.47. The van der Waals surface area contributed by atoms with Crippen molar-refractivity contribution in [2.75, 3.05) is 0 Å². The lowest BCUT2D eigenvalue weighted by atomic mass is 9.97. The fraction of sp³-hybridized carbons (Fsp3) is 0.458. The van der Waals surface area contributed by atoms with Gasteiger partial charge in [-0.15, -0.1) is 0 Å². The van der Waals surface area contributed by atoms with Crippen molar-refractivity contribution in [3.63, 3.8) is 0 Å². The number of benzene rings is 1. The lowest BCUT2D eigenvalue weighted by molar-refractivity contribution is -0.155. The molecule has 3 N–H and O–H groups in total. The first-order chi connectivity index (χ1) is 16.6. The van der Waals surface area contributed by atoms with Gasteiger partial charge in [-0.05, 0) is 36.6 Å². The monoisotopic (exact) mass is 494 g/mol. The summed E-state index contributed by atoms with van der Waals surface area (Å²) in [6.07, 6.45) is -1.95. The lowest BCUT2D eigenvalue weighted by Crippen LogP contribution is -2.52. The van der Waals surface area contributed by atoms with Gasteiger partial charge in [0.1, 0.15) is 17.8 Å². The molecule has 188 valence electrons. The SMILES string of the molecule is O=C1C[C@H](NC(=O)[C@H](CC2CCCC2)NC(=O)c2ccc(-c3cccc(C(F)(F)F)c3)o2)C(O)O1. The fourth-order valence-electron chi connectivity index (χ4n) is 4.46. The number of nitrogens with one attached hydrogen (secondary N) is 2. The van der Waals surface area contributed by atoms with Crippen molar-refractivity contribution < 1.29 is 41.8 Å². The maximum Gasteiger partial charge on any atom is 0.416 e. The summed E-state index contributed by atoms with van der Waals surface area (Å²) < 4.78 is 49.2. The third-order valence-electron chi connectivity index (χ3n) is 6.28. The molecule has 4 rings (SSSR count). The summed E-state index contributed by atoms with van der Waals surface area (Å²) in [5, 5.41) is 15.0. The van der Waals surface area contributed by atoms with Gasteiger partial charge in [-0.2, -0.15) is 13.2 Å². The van der Waals surface area contributed by atoms with Gasteiger partial charge in [0.05, 0.1) is 12.0 Å². The van der Waals surface area contributed by atoms with Crippen molar-refractivity contribution in [2.45, 2.75) is 63.1 Å². The molecule has 0 spiro atoms. The van der Waals surface area contributed by atoms with Crippen LogP contribution in [0.5, 0.6) is 0 Å². The van der Waals surface area contributed by atoms with Gasteiger partial charge in [-0.1, -0.05) is 37.8 Å². The van der Waals surface area contributed by atoms with Crippen molar-refractivity contribution in [2.24, 2.45) is 5.92 Å². The number of ether oxygens (including phenoxy) is 1. The van der Waals surface area contributed by atoms with Crippen LogP contribution in [-0.4, -0.2) is 41.3 Å². The largest absolute Gasteiger partial charge is 0.451 e. The second kappa shape index (κ2) is 10.1. The Morgan fingerprint density at radius 3 is 2.54 bits per heavy atom. The molecule has 8 nitrogen and oxygen atoms in total. The normalized spacial score (nSPS) is 21.5. The Kier molecular flexibility index (Phi) is 7.15. The van der Waals surface area contributed by atoms with Gasteiger partial charge in [-0.25, -0.2) is 0 Å². The average Bonchev–Trinajstić information content (AvgIpc) is 3.55. The second-order valence-electron chi connectivity index (χ2n) is 8.85. The van der Waals surface area contributed by atoms with E-state index in [1.807, 2.05) is 0 Å². The highest BCUT2D eigenvalue weighted by Gasteiger charge is 2.37. The van der Waals surface area contributed by atoms with E-state index >= 15 is 0 Å². The van der Waals surface area contributed by atoms with Crippen LogP contribution in [0, 0.1) is 5.92 Å². The van der Waals surface area contributed by atoms with Crippen molar-refractivity contribution in [1.29, 1.82) is 0 Å². The van der Waals surface area contributed by atoms with E-state index in [9.17, 15) is 32.7 Å². The van der Waals surface area contributed by atoms with Crippen LogP contribution in [0.2, 0.25) is 0 Å². The van der Waals surface area contributed by atoms with Crippen LogP contribution in [0.25, 0.3) is 11.3 Å². The van der Waals surface area contributed by atoms with E-state index in [0.29, 0.717) is 6.42 Å². The first-order valence-corrected chi connectivity index (χ1v) is 11.4. The number of esters is 1. The summed E-state index contributed by atoms with van der Waals surface area (Å²) in [6.45, 7) is 0. The zero-order chi connectivity index (χ0) is 25.2. The van der Waals surface area contributed by atoms with Crippen molar-refractivity contribution >= 4 is 17.8 Å². The zero-order valence-corrected chi connectivity index (χ0v) is 18.6. The van der Waals surface area contributed by atoms with E-state index in [-0.39, 0.29) is 29.4 Å². The number of aliphatic hydroxyl groups is 1. The Hall–Kier alpha value is -3.34. The number of rotatable bonds is 7. The van der Waals surface area contributed by atoms with Crippen molar-refractivity contribution in [3.05, 3.63) is 47.7 Å². The second-order valence-corrected chi connectivity index (χ2v) is 8.85. The van der Waals surface area contributed by atoms with Crippen LogP contribution < -0.4 is 10.6 Å². The summed E-state index contributed by atoms with van der Waals surface area (Å²) >= 11 is 0. The van der Waals surface area contributed by atoms with E-state index in [1.165, 1.54) is 24.3 Å². The Bertz CT molecular complexity index is 1090. The number of halogens is 3. The minimum Gasteiger partial charge on any atom is -0.451 e. The molecule has 1 aliphatic heterocycles. The molecule has 1 saturated heterocycles. The van der Waals surface area contributed by atoms with E-state index in [1.54, 1.807) is 0 Å². The molecule has 2 aliphatic rings. The van der Waals surface area contributed by atoms with Gasteiger partial charge in [0.25, 0.3) is 5.91 Å². The zero-order valence-electron chi connectivity index (χ0n) is 18.6. The lowest BCUT2D eigenvalue weighted by Gasteiger charge is -2.23. The minimum absolute atomic E-state index is 0.0720. The topological polar surface area (TPSA) is 118 Å². The van der Waals surface area contributed by atoms with E-state index in [4.69, 9.17) is 4.42 Å². The van der Waals surface area contributed by atoms with E-state index in [0.717, 1.165) is 37.8 Å². The smallest absolute Gasteiger partial charge is 0.416 e. The number of hydrogen-bond acceptors (Lipinski definition) is 6. The molecule has 2 amide bonds. The molecule has 0 radical (unpaired) electrons. The highest BCUT2D eigenvalue weighted by molar-refractivity contribution is 5.96. The predicted octanol–water partition coefficient (Wildman–Crippen LogP) is 3.39. The summed E-state index contributed by atoms with van der Waals surface area (Å²) in [4.78, 5) is 37.2. The Labute approximate surface area is 198 Å². The highest BCUT2D eigenvalue weighted by atomic mass is 19.4. The third kappa shape index (κ3) is 6.02. The quantitative estimate of drug-likeness (QED) is 0.508. The number of alkyl halides is 3. The van der Waals surface area contributed by atoms with Crippen LogP contribution in [0.3, 0.4) is 0 Å². The van der Waals surface area contributed by atoms with Crippen LogP contribution in [0.4, 0.5) is 13.2 Å². The standard InChI is InChI=1S/C24H25F3N2O6/c25-24(26,27)15-7-3-6-14(11-15)18-8-9-19(34-18)22(32)28-16(10-13-4-1-2-5-13)21(31)29-17-12-20(30)35-23(17)33/h3,6-9,11,13,16-17,23,33H,1-2,4-5,10,12H2,(H,28,32)(H,29,31)/t16-,17-,23?/m0/s1. The van der Waals surface area contributed by atoms with Crippen LogP contribution >= 0.6 is 0 Å². The molecule has 1 saturated carbocycles. The average molecular weight is 494 g/mol. The first-order valence-electron chi connectivity index (χ1n) is 11.4. The van der Waals surface area contributed by atoms with Gasteiger partial charge in [-0.3, -0.25) is 14.4 Å². The molecule has 3 atom stereocenters. The number of carbonyl (C=O) groups excluding carboxylic acids is 3. The first kappa shape index (κ1) is 24.8. The van der Waals surface area contributed by atoms with Crippen LogP contribution in [-0.2, 0) is 20.5 Å². The summed E-state index contributed by atoms with van der Waals surface area (Å²) in [5.41, 5.74) is -0.693.